The summed E-state index contributed by atoms with van der Waals surface area (Å²) >= 11 is 5.78. The van der Waals surface area contributed by atoms with Gasteiger partial charge in [0, 0.05) is 22.9 Å². The van der Waals surface area contributed by atoms with Crippen molar-refractivity contribution in [3.8, 4) is 0 Å². The van der Waals surface area contributed by atoms with E-state index < -0.39 is 40.7 Å². The number of hydrogen-bond acceptors (Lipinski definition) is 6. The van der Waals surface area contributed by atoms with Gasteiger partial charge in [-0.05, 0) is 42.8 Å². The van der Waals surface area contributed by atoms with Gasteiger partial charge in [-0.25, -0.2) is 9.18 Å². The summed E-state index contributed by atoms with van der Waals surface area (Å²) < 4.78 is 18.6. The normalized spacial score (nSPS) is 10.4. The molecule has 0 atom stereocenters. The Morgan fingerprint density at radius 2 is 1.76 bits per heavy atom. The average Bonchev–Trinajstić information content (AvgIpc) is 2.79. The van der Waals surface area contributed by atoms with Gasteiger partial charge in [0.15, 0.2) is 12.4 Å². The first-order valence-corrected chi connectivity index (χ1v) is 9.86. The molecule has 0 aliphatic rings. The van der Waals surface area contributed by atoms with Crippen molar-refractivity contribution < 1.29 is 28.4 Å². The lowest BCUT2D eigenvalue weighted by molar-refractivity contribution is -0.384. The smallest absolute Gasteiger partial charge is 0.339 e. The maximum atomic E-state index is 13.6. The zero-order valence-corrected chi connectivity index (χ0v) is 17.9. The second kappa shape index (κ2) is 10.0. The van der Waals surface area contributed by atoms with E-state index in [9.17, 15) is 28.9 Å². The van der Waals surface area contributed by atoms with Crippen LogP contribution in [0.3, 0.4) is 0 Å². The SMILES string of the molecule is Cc1ccc(NC(=O)COC(=O)c2ccccc2C(=O)c2ccc(Cl)c([N+](=O)[O-])c2)cc1F. The summed E-state index contributed by atoms with van der Waals surface area (Å²) in [7, 11) is 0. The first kappa shape index (κ1) is 23.6. The van der Waals surface area contributed by atoms with Crippen LogP contribution in [0.2, 0.25) is 5.02 Å². The molecule has 8 nitrogen and oxygen atoms in total. The Kier molecular flexibility index (Phi) is 7.14. The lowest BCUT2D eigenvalue weighted by Crippen LogP contribution is -2.22. The van der Waals surface area contributed by atoms with Crippen molar-refractivity contribution in [2.75, 3.05) is 11.9 Å². The summed E-state index contributed by atoms with van der Waals surface area (Å²) in [6.45, 7) is 0.896. The fourth-order valence-electron chi connectivity index (χ4n) is 2.88. The molecule has 0 heterocycles. The van der Waals surface area contributed by atoms with Crippen molar-refractivity contribution in [1.29, 1.82) is 0 Å². The number of ether oxygens (including phenoxy) is 1. The summed E-state index contributed by atoms with van der Waals surface area (Å²) in [5.74, 6) is -2.82. The topological polar surface area (TPSA) is 116 Å². The number of halogens is 2. The minimum Gasteiger partial charge on any atom is -0.452 e. The van der Waals surface area contributed by atoms with Crippen LogP contribution < -0.4 is 5.32 Å². The zero-order valence-electron chi connectivity index (χ0n) is 17.1. The molecule has 10 heteroatoms. The number of rotatable bonds is 7. The van der Waals surface area contributed by atoms with Gasteiger partial charge in [0.25, 0.3) is 11.6 Å². The van der Waals surface area contributed by atoms with Crippen molar-refractivity contribution in [2.24, 2.45) is 0 Å². The molecule has 0 spiro atoms. The number of hydrogen-bond donors (Lipinski definition) is 1. The van der Waals surface area contributed by atoms with Gasteiger partial charge in [-0.15, -0.1) is 0 Å². The quantitative estimate of drug-likeness (QED) is 0.231. The fraction of sp³-hybridized carbons (Fsp3) is 0.0870. The van der Waals surface area contributed by atoms with Crippen LogP contribution in [-0.2, 0) is 9.53 Å². The van der Waals surface area contributed by atoms with E-state index in [1.165, 1.54) is 48.5 Å². The number of amides is 1. The zero-order chi connectivity index (χ0) is 24.1. The van der Waals surface area contributed by atoms with Gasteiger partial charge in [0.1, 0.15) is 10.8 Å². The highest BCUT2D eigenvalue weighted by Gasteiger charge is 2.22. The van der Waals surface area contributed by atoms with E-state index in [1.54, 1.807) is 6.92 Å². The summed E-state index contributed by atoms with van der Waals surface area (Å²) in [6.07, 6.45) is 0. The molecule has 33 heavy (non-hydrogen) atoms. The molecule has 0 saturated carbocycles. The molecule has 1 N–H and O–H groups in total. The Hall–Kier alpha value is -4.11. The van der Waals surface area contributed by atoms with Crippen molar-refractivity contribution in [3.05, 3.63) is 104 Å². The third kappa shape index (κ3) is 5.58. The molecule has 1 amide bonds. The van der Waals surface area contributed by atoms with Crippen LogP contribution in [-0.4, -0.2) is 29.2 Å². The molecule has 0 aromatic heterocycles. The van der Waals surface area contributed by atoms with Crippen molar-refractivity contribution in [2.45, 2.75) is 6.92 Å². The number of anilines is 1. The number of esters is 1. The molecule has 0 unspecified atom stereocenters. The summed E-state index contributed by atoms with van der Waals surface area (Å²) in [6, 6.07) is 13.3. The van der Waals surface area contributed by atoms with Crippen molar-refractivity contribution >= 4 is 40.6 Å². The Morgan fingerprint density at radius 1 is 1.06 bits per heavy atom. The number of carbonyl (C=O) groups is 3. The summed E-state index contributed by atoms with van der Waals surface area (Å²) in [5, 5.41) is 13.4. The van der Waals surface area contributed by atoms with E-state index in [0.717, 1.165) is 12.1 Å². The number of nitrogens with zero attached hydrogens (tertiary/aromatic N) is 1. The van der Waals surface area contributed by atoms with Crippen LogP contribution in [0.1, 0.15) is 31.8 Å². The number of nitrogens with one attached hydrogen (secondary N) is 1. The molecular formula is C23H16ClFN2O6. The first-order valence-electron chi connectivity index (χ1n) is 9.48. The average molecular weight is 471 g/mol. The number of nitro benzene ring substituents is 1. The van der Waals surface area contributed by atoms with Gasteiger partial charge in [0.05, 0.1) is 10.5 Å². The van der Waals surface area contributed by atoms with E-state index in [2.05, 4.69) is 5.32 Å². The molecule has 0 aliphatic heterocycles. The van der Waals surface area contributed by atoms with E-state index in [4.69, 9.17) is 16.3 Å². The van der Waals surface area contributed by atoms with Gasteiger partial charge in [-0.3, -0.25) is 19.7 Å². The standard InChI is InChI=1S/C23H16ClFN2O6/c1-13-6-8-15(11-19(13)25)26-21(28)12-33-23(30)17-5-3-2-4-16(17)22(29)14-7-9-18(24)20(10-14)27(31)32/h2-11H,12H2,1H3,(H,26,28). The lowest BCUT2D eigenvalue weighted by Gasteiger charge is -2.10. The lowest BCUT2D eigenvalue weighted by atomic mass is 9.98. The molecule has 0 aliphatic carbocycles. The summed E-state index contributed by atoms with van der Waals surface area (Å²) in [5.41, 5.74) is -0.0996. The molecular weight excluding hydrogens is 455 g/mol. The highest BCUT2D eigenvalue weighted by atomic mass is 35.5. The van der Waals surface area contributed by atoms with Crippen LogP contribution in [0.4, 0.5) is 15.8 Å². The molecule has 168 valence electrons. The van der Waals surface area contributed by atoms with E-state index >= 15 is 0 Å². The first-order chi connectivity index (χ1) is 15.7. The van der Waals surface area contributed by atoms with Gasteiger partial charge in [-0.2, -0.15) is 0 Å². The number of nitro groups is 1. The molecule has 0 bridgehead atoms. The second-order valence-electron chi connectivity index (χ2n) is 6.89. The molecule has 3 rings (SSSR count). The molecule has 0 saturated heterocycles. The Balaban J connectivity index is 1.74. The number of benzene rings is 3. The Morgan fingerprint density at radius 3 is 2.42 bits per heavy atom. The predicted molar refractivity (Wildman–Crippen MR) is 118 cm³/mol. The highest BCUT2D eigenvalue weighted by Crippen LogP contribution is 2.27. The number of aryl methyl sites for hydroxylation is 1. The largest absolute Gasteiger partial charge is 0.452 e. The maximum absolute atomic E-state index is 13.6. The van der Waals surface area contributed by atoms with E-state index in [1.807, 2.05) is 0 Å². The molecule has 0 radical (unpaired) electrons. The van der Waals surface area contributed by atoms with Gasteiger partial charge in [0.2, 0.25) is 0 Å². The van der Waals surface area contributed by atoms with Crippen LogP contribution >= 0.6 is 11.6 Å². The van der Waals surface area contributed by atoms with Gasteiger partial charge in [-0.1, -0.05) is 35.9 Å². The Labute approximate surface area is 192 Å². The third-order valence-electron chi connectivity index (χ3n) is 4.59. The van der Waals surface area contributed by atoms with Crippen LogP contribution in [0.15, 0.2) is 60.7 Å². The number of carbonyl (C=O) groups excluding carboxylic acids is 3. The van der Waals surface area contributed by atoms with Crippen LogP contribution in [0.5, 0.6) is 0 Å². The van der Waals surface area contributed by atoms with Crippen molar-refractivity contribution in [3.63, 3.8) is 0 Å². The third-order valence-corrected chi connectivity index (χ3v) is 4.91. The highest BCUT2D eigenvalue weighted by molar-refractivity contribution is 6.33. The Bertz CT molecular complexity index is 1280. The minimum atomic E-state index is -0.951. The molecule has 0 fully saturated rings. The van der Waals surface area contributed by atoms with Crippen LogP contribution in [0, 0.1) is 22.9 Å². The summed E-state index contributed by atoms with van der Waals surface area (Å²) in [4.78, 5) is 47.9. The van der Waals surface area contributed by atoms with Crippen LogP contribution in [0.25, 0.3) is 0 Å². The fourth-order valence-corrected chi connectivity index (χ4v) is 3.07. The second-order valence-corrected chi connectivity index (χ2v) is 7.29. The maximum Gasteiger partial charge on any atom is 0.339 e. The van der Waals surface area contributed by atoms with Gasteiger partial charge < -0.3 is 10.1 Å². The monoisotopic (exact) mass is 470 g/mol. The van der Waals surface area contributed by atoms with E-state index in [-0.39, 0.29) is 27.4 Å². The number of ketones is 1. The molecule has 3 aromatic carbocycles. The van der Waals surface area contributed by atoms with E-state index in [0.29, 0.717) is 5.56 Å². The van der Waals surface area contributed by atoms with Gasteiger partial charge >= 0.3 is 5.97 Å². The predicted octanol–water partition coefficient (Wildman–Crippen LogP) is 4.72. The minimum absolute atomic E-state index is 0.0505. The molecule has 3 aromatic rings. The van der Waals surface area contributed by atoms with Crippen molar-refractivity contribution in [1.82, 2.24) is 0 Å².